The van der Waals surface area contributed by atoms with Crippen LogP contribution in [-0.4, -0.2) is 30.0 Å². The average Bonchev–Trinajstić information content (AvgIpc) is 2.15. The Morgan fingerprint density at radius 3 is 2.73 bits per heavy atom. The zero-order chi connectivity index (χ0) is 11.4. The van der Waals surface area contributed by atoms with Crippen molar-refractivity contribution < 1.29 is 19.7 Å². The summed E-state index contributed by atoms with van der Waals surface area (Å²) in [4.78, 5) is 17.5. The SMILES string of the molecule is O=C(OCc1cnc(O)nc1O)N(S)S. The van der Waals surface area contributed by atoms with Crippen molar-refractivity contribution in [1.82, 2.24) is 13.7 Å². The molecule has 0 bridgehead atoms. The number of aromatic hydroxyl groups is 2. The lowest BCUT2D eigenvalue weighted by Crippen LogP contribution is -2.13. The van der Waals surface area contributed by atoms with E-state index in [0.29, 0.717) is 3.71 Å². The topological polar surface area (TPSA) is 95.8 Å². The molecule has 0 aromatic carbocycles. The van der Waals surface area contributed by atoms with E-state index in [1.807, 2.05) is 0 Å². The predicted octanol–water partition coefficient (Wildman–Crippen LogP) is 0.516. The number of ether oxygens (including phenoxy) is 1. The smallest absolute Gasteiger partial charge is 0.430 e. The molecule has 0 radical (unpaired) electrons. The Balaban J connectivity index is 2.62. The summed E-state index contributed by atoms with van der Waals surface area (Å²) >= 11 is 7.14. The highest BCUT2D eigenvalue weighted by atomic mass is 32.2. The molecule has 0 aliphatic rings. The minimum Gasteiger partial charge on any atom is -0.493 e. The Morgan fingerprint density at radius 2 is 2.20 bits per heavy atom. The Morgan fingerprint density at radius 1 is 1.53 bits per heavy atom. The molecule has 0 saturated heterocycles. The Hall–Kier alpha value is -1.35. The van der Waals surface area contributed by atoms with Crippen molar-refractivity contribution in [3.05, 3.63) is 11.8 Å². The highest BCUT2D eigenvalue weighted by Gasteiger charge is 2.10. The van der Waals surface area contributed by atoms with Gasteiger partial charge in [0.25, 0.3) is 0 Å². The molecule has 0 aliphatic carbocycles. The van der Waals surface area contributed by atoms with Gasteiger partial charge in [-0.2, -0.15) is 8.69 Å². The second kappa shape index (κ2) is 4.94. The monoisotopic (exact) mass is 249 g/mol. The third-order valence-corrected chi connectivity index (χ3v) is 1.67. The van der Waals surface area contributed by atoms with Gasteiger partial charge in [0.2, 0.25) is 5.88 Å². The van der Waals surface area contributed by atoms with E-state index < -0.39 is 18.0 Å². The van der Waals surface area contributed by atoms with Crippen molar-refractivity contribution in [2.45, 2.75) is 6.61 Å². The van der Waals surface area contributed by atoms with E-state index >= 15 is 0 Å². The Bertz CT molecular complexity index is 373. The van der Waals surface area contributed by atoms with E-state index in [2.05, 4.69) is 40.3 Å². The van der Waals surface area contributed by atoms with E-state index in [0.717, 1.165) is 6.20 Å². The van der Waals surface area contributed by atoms with E-state index in [-0.39, 0.29) is 12.2 Å². The van der Waals surface area contributed by atoms with Crippen molar-refractivity contribution in [2.75, 3.05) is 0 Å². The molecule has 7 nitrogen and oxygen atoms in total. The molecule has 0 unspecified atom stereocenters. The lowest BCUT2D eigenvalue weighted by molar-refractivity contribution is 0.134. The minimum absolute atomic E-state index is 0.157. The van der Waals surface area contributed by atoms with Crippen LogP contribution >= 0.6 is 25.6 Å². The molecule has 1 aromatic heterocycles. The first-order valence-electron chi connectivity index (χ1n) is 3.59. The van der Waals surface area contributed by atoms with Crippen molar-refractivity contribution in [3.8, 4) is 11.9 Å². The van der Waals surface area contributed by atoms with Gasteiger partial charge in [0.1, 0.15) is 6.61 Å². The van der Waals surface area contributed by atoms with Crippen LogP contribution in [0.25, 0.3) is 0 Å². The first kappa shape index (κ1) is 11.7. The number of carbonyl (C=O) groups is 1. The lowest BCUT2D eigenvalue weighted by Gasteiger charge is -2.08. The van der Waals surface area contributed by atoms with Gasteiger partial charge in [0.15, 0.2) is 0 Å². The quantitative estimate of drug-likeness (QED) is 0.571. The van der Waals surface area contributed by atoms with Gasteiger partial charge >= 0.3 is 12.1 Å². The molecule has 15 heavy (non-hydrogen) atoms. The second-order valence-electron chi connectivity index (χ2n) is 2.36. The summed E-state index contributed by atoms with van der Waals surface area (Å²) in [5.41, 5.74) is 0.157. The molecule has 1 amide bonds. The predicted molar refractivity (Wildman–Crippen MR) is 55.4 cm³/mol. The van der Waals surface area contributed by atoms with E-state index in [4.69, 9.17) is 5.11 Å². The number of hydrogen-bond acceptors (Lipinski definition) is 8. The van der Waals surface area contributed by atoms with Crippen LogP contribution in [-0.2, 0) is 11.3 Å². The van der Waals surface area contributed by atoms with Crippen LogP contribution in [0.5, 0.6) is 11.9 Å². The minimum atomic E-state index is -0.811. The van der Waals surface area contributed by atoms with Gasteiger partial charge in [0.05, 0.1) is 5.56 Å². The van der Waals surface area contributed by atoms with Crippen LogP contribution < -0.4 is 0 Å². The molecule has 1 rings (SSSR count). The third kappa shape index (κ3) is 3.36. The van der Waals surface area contributed by atoms with Gasteiger partial charge in [0, 0.05) is 6.20 Å². The fraction of sp³-hybridized carbons (Fsp3) is 0.167. The van der Waals surface area contributed by atoms with Crippen LogP contribution in [0.15, 0.2) is 6.20 Å². The molecule has 0 aliphatic heterocycles. The normalized spacial score (nSPS) is 9.73. The van der Waals surface area contributed by atoms with Gasteiger partial charge in [-0.3, -0.25) is 0 Å². The molecular formula is C6H7N3O4S2. The highest BCUT2D eigenvalue weighted by molar-refractivity contribution is 7.94. The summed E-state index contributed by atoms with van der Waals surface area (Å²) in [6.45, 7) is -0.247. The first-order valence-corrected chi connectivity index (χ1v) is 4.39. The molecule has 9 heteroatoms. The molecule has 0 fully saturated rings. The van der Waals surface area contributed by atoms with E-state index in [9.17, 15) is 9.90 Å². The first-order chi connectivity index (χ1) is 7.00. The Labute approximate surface area is 95.8 Å². The number of aromatic nitrogens is 2. The number of carbonyl (C=O) groups excluding carboxylic acids is 1. The molecule has 1 aromatic rings. The van der Waals surface area contributed by atoms with Crippen LogP contribution in [0, 0.1) is 0 Å². The summed E-state index contributed by atoms with van der Waals surface area (Å²) in [5.74, 6) is -0.458. The van der Waals surface area contributed by atoms with Gasteiger partial charge in [-0.05, 0) is 25.6 Å². The number of nitrogens with zero attached hydrogens (tertiary/aromatic N) is 3. The standard InChI is InChI=1S/C6H7N3O4S2/c10-4-3(1-7-5(11)8-4)2-13-6(12)9(14)15/h1,14-15H,2H2,(H2,7,8,10,11). The van der Waals surface area contributed by atoms with Crippen LogP contribution in [0.2, 0.25) is 0 Å². The van der Waals surface area contributed by atoms with Crippen molar-refractivity contribution >= 4 is 31.7 Å². The summed E-state index contributed by atoms with van der Waals surface area (Å²) < 4.78 is 5.26. The zero-order valence-electron chi connectivity index (χ0n) is 7.23. The molecule has 0 atom stereocenters. The number of amides is 1. The van der Waals surface area contributed by atoms with Crippen molar-refractivity contribution in [3.63, 3.8) is 0 Å². The van der Waals surface area contributed by atoms with Crippen molar-refractivity contribution in [1.29, 1.82) is 0 Å². The maximum atomic E-state index is 10.9. The van der Waals surface area contributed by atoms with Gasteiger partial charge < -0.3 is 14.9 Å². The highest BCUT2D eigenvalue weighted by Crippen LogP contribution is 2.16. The fourth-order valence-electron chi connectivity index (χ4n) is 0.688. The third-order valence-electron chi connectivity index (χ3n) is 1.34. The van der Waals surface area contributed by atoms with Crippen LogP contribution in [0.3, 0.4) is 0 Å². The molecule has 2 N–H and O–H groups in total. The summed E-state index contributed by atoms with van der Waals surface area (Å²) in [6.07, 6.45) is 0.320. The maximum absolute atomic E-state index is 10.9. The Kier molecular flexibility index (Phi) is 3.86. The number of hydrogen-bond donors (Lipinski definition) is 4. The summed E-state index contributed by atoms with van der Waals surface area (Å²) in [6, 6.07) is -0.562. The number of thiol groups is 2. The molecular weight excluding hydrogens is 242 g/mol. The molecule has 0 saturated carbocycles. The largest absolute Gasteiger partial charge is 0.493 e. The average molecular weight is 249 g/mol. The lowest BCUT2D eigenvalue weighted by atomic mass is 10.3. The van der Waals surface area contributed by atoms with Crippen LogP contribution in [0.1, 0.15) is 5.56 Å². The molecule has 82 valence electrons. The summed E-state index contributed by atoms with van der Waals surface area (Å²) in [5, 5.41) is 18.0. The molecule has 0 spiro atoms. The number of rotatable bonds is 2. The van der Waals surface area contributed by atoms with Gasteiger partial charge in [-0.1, -0.05) is 0 Å². The van der Waals surface area contributed by atoms with Gasteiger partial charge in [-0.25, -0.2) is 9.78 Å². The zero-order valence-corrected chi connectivity index (χ0v) is 9.02. The van der Waals surface area contributed by atoms with E-state index in [1.54, 1.807) is 0 Å². The van der Waals surface area contributed by atoms with Crippen molar-refractivity contribution in [2.24, 2.45) is 0 Å². The summed E-state index contributed by atoms with van der Waals surface area (Å²) in [7, 11) is 0. The fourth-order valence-corrected chi connectivity index (χ4v) is 0.803. The van der Waals surface area contributed by atoms with E-state index in [1.165, 1.54) is 0 Å². The molecule has 1 heterocycles. The maximum Gasteiger partial charge on any atom is 0.430 e. The second-order valence-corrected chi connectivity index (χ2v) is 3.48. The van der Waals surface area contributed by atoms with Crippen LogP contribution in [0.4, 0.5) is 4.79 Å². The van der Waals surface area contributed by atoms with Gasteiger partial charge in [-0.15, -0.1) is 0 Å².